The fourth-order valence-electron chi connectivity index (χ4n) is 2.80. The van der Waals surface area contributed by atoms with Crippen molar-refractivity contribution in [2.24, 2.45) is 4.99 Å². The molecule has 0 spiro atoms. The summed E-state index contributed by atoms with van der Waals surface area (Å²) in [5.74, 6) is 0.839. The summed E-state index contributed by atoms with van der Waals surface area (Å²) >= 11 is 0. The van der Waals surface area contributed by atoms with E-state index in [1.807, 2.05) is 20.8 Å². The number of nitrogens with one attached hydrogen (secondary N) is 3. The molecule has 1 aliphatic heterocycles. The fourth-order valence-corrected chi connectivity index (χ4v) is 2.80. The van der Waals surface area contributed by atoms with Gasteiger partial charge >= 0.3 is 6.09 Å². The predicted octanol–water partition coefficient (Wildman–Crippen LogP) is 1.94. The zero-order valence-corrected chi connectivity index (χ0v) is 16.7. The minimum absolute atomic E-state index is 0.367. The minimum Gasteiger partial charge on any atom is -0.444 e. The number of hydrogen-bond acceptors (Lipinski definition) is 4. The lowest BCUT2D eigenvalue weighted by molar-refractivity contribution is 0.0527. The second-order valence-corrected chi connectivity index (χ2v) is 7.54. The Kier molecular flexibility index (Phi) is 9.63. The third-order valence-electron chi connectivity index (χ3n) is 4.01. The highest BCUT2D eigenvalue weighted by Crippen LogP contribution is 2.10. The van der Waals surface area contributed by atoms with Gasteiger partial charge in [0, 0.05) is 39.3 Å². The normalized spacial score (nSPS) is 17.2. The van der Waals surface area contributed by atoms with E-state index in [0.717, 1.165) is 44.9 Å². The van der Waals surface area contributed by atoms with Crippen molar-refractivity contribution in [2.45, 2.75) is 65.0 Å². The maximum Gasteiger partial charge on any atom is 0.407 e. The average molecular weight is 356 g/mol. The largest absolute Gasteiger partial charge is 0.444 e. The molecule has 0 saturated carbocycles. The van der Waals surface area contributed by atoms with E-state index in [2.05, 4.69) is 32.8 Å². The van der Waals surface area contributed by atoms with Gasteiger partial charge in [0.1, 0.15) is 5.60 Å². The molecule has 1 fully saturated rings. The van der Waals surface area contributed by atoms with Crippen molar-refractivity contribution < 1.29 is 9.53 Å². The molecule has 1 amide bonds. The minimum atomic E-state index is -0.457. The van der Waals surface area contributed by atoms with E-state index in [1.54, 1.807) is 7.05 Å². The van der Waals surface area contributed by atoms with Gasteiger partial charge in [-0.25, -0.2) is 4.79 Å². The van der Waals surface area contributed by atoms with Crippen molar-refractivity contribution in [2.75, 3.05) is 39.8 Å². The zero-order chi connectivity index (χ0) is 18.7. The number of hydrogen-bond donors (Lipinski definition) is 3. The number of amides is 1. The van der Waals surface area contributed by atoms with Gasteiger partial charge < -0.3 is 25.6 Å². The molecule has 0 aromatic carbocycles. The van der Waals surface area contributed by atoms with Crippen molar-refractivity contribution in [1.29, 1.82) is 0 Å². The average Bonchev–Trinajstić information content (AvgIpc) is 2.53. The molecule has 1 heterocycles. The highest BCUT2D eigenvalue weighted by Gasteiger charge is 2.19. The van der Waals surface area contributed by atoms with Crippen LogP contribution >= 0.6 is 0 Å². The Bertz CT molecular complexity index is 412. The van der Waals surface area contributed by atoms with Gasteiger partial charge in [0.25, 0.3) is 0 Å². The van der Waals surface area contributed by atoms with E-state index in [4.69, 9.17) is 4.74 Å². The Morgan fingerprint density at radius 3 is 2.40 bits per heavy atom. The topological polar surface area (TPSA) is 78.0 Å². The molecule has 3 N–H and O–H groups in total. The summed E-state index contributed by atoms with van der Waals surface area (Å²) < 4.78 is 5.20. The summed E-state index contributed by atoms with van der Waals surface area (Å²) in [5, 5.41) is 9.57. The van der Waals surface area contributed by atoms with Crippen LogP contribution in [0, 0.1) is 0 Å². The van der Waals surface area contributed by atoms with Gasteiger partial charge in [-0.05, 0) is 53.0 Å². The summed E-state index contributed by atoms with van der Waals surface area (Å²) in [6.45, 7) is 12.6. The maximum atomic E-state index is 11.6. The Labute approximate surface area is 153 Å². The van der Waals surface area contributed by atoms with E-state index in [9.17, 15) is 4.79 Å². The Hall–Kier alpha value is -1.50. The molecule has 0 unspecified atom stereocenters. The van der Waals surface area contributed by atoms with Crippen molar-refractivity contribution in [1.82, 2.24) is 20.9 Å². The summed E-state index contributed by atoms with van der Waals surface area (Å²) in [5.41, 5.74) is -0.457. The maximum absolute atomic E-state index is 11.6. The van der Waals surface area contributed by atoms with Gasteiger partial charge in [-0.2, -0.15) is 0 Å². The molecule has 25 heavy (non-hydrogen) atoms. The second kappa shape index (κ2) is 11.2. The van der Waals surface area contributed by atoms with Crippen LogP contribution in [0.1, 0.15) is 53.4 Å². The third-order valence-corrected chi connectivity index (χ3v) is 4.01. The van der Waals surface area contributed by atoms with Gasteiger partial charge in [0.15, 0.2) is 5.96 Å². The Morgan fingerprint density at radius 2 is 1.84 bits per heavy atom. The van der Waals surface area contributed by atoms with Crippen molar-refractivity contribution in [3.05, 3.63) is 0 Å². The molecule has 0 bridgehead atoms. The lowest BCUT2D eigenvalue weighted by Gasteiger charge is -2.32. The van der Waals surface area contributed by atoms with Crippen LogP contribution in [0.5, 0.6) is 0 Å². The number of likely N-dealkylation sites (tertiary alicyclic amines) is 1. The summed E-state index contributed by atoms with van der Waals surface area (Å²) in [4.78, 5) is 18.4. The fraction of sp³-hybridized carbons (Fsp3) is 0.889. The van der Waals surface area contributed by atoms with Crippen molar-refractivity contribution >= 4 is 12.1 Å². The van der Waals surface area contributed by atoms with Crippen LogP contribution < -0.4 is 16.0 Å². The van der Waals surface area contributed by atoms with Crippen LogP contribution in [-0.4, -0.2) is 68.4 Å². The molecule has 146 valence electrons. The molecule has 1 rings (SSSR count). The highest BCUT2D eigenvalue weighted by atomic mass is 16.6. The number of ether oxygens (including phenoxy) is 1. The standard InChI is InChI=1S/C18H37N5O2/c1-6-12-23-13-8-15(9-14-23)22-16(19-5)20-10-7-11-21-17(24)25-18(2,3)4/h15H,6-14H2,1-5H3,(H,21,24)(H2,19,20,22). The molecule has 0 aromatic rings. The Balaban J connectivity index is 2.14. The van der Waals surface area contributed by atoms with E-state index >= 15 is 0 Å². The summed E-state index contributed by atoms with van der Waals surface area (Å²) in [6.07, 6.45) is 3.98. The van der Waals surface area contributed by atoms with Crippen LogP contribution in [-0.2, 0) is 4.74 Å². The lowest BCUT2D eigenvalue weighted by atomic mass is 10.1. The SMILES string of the molecule is CCCN1CCC(NC(=NC)NCCCNC(=O)OC(C)(C)C)CC1. The molecule has 7 nitrogen and oxygen atoms in total. The lowest BCUT2D eigenvalue weighted by Crippen LogP contribution is -2.49. The quantitative estimate of drug-likeness (QED) is 0.370. The first-order valence-corrected chi connectivity index (χ1v) is 9.50. The third kappa shape index (κ3) is 10.2. The molecule has 7 heteroatoms. The second-order valence-electron chi connectivity index (χ2n) is 7.54. The zero-order valence-electron chi connectivity index (χ0n) is 16.7. The van der Waals surface area contributed by atoms with Crippen molar-refractivity contribution in [3.63, 3.8) is 0 Å². The first-order valence-electron chi connectivity index (χ1n) is 9.50. The molecule has 0 aromatic heterocycles. The molecule has 0 radical (unpaired) electrons. The van der Waals surface area contributed by atoms with Gasteiger partial charge in [0.05, 0.1) is 0 Å². The summed E-state index contributed by atoms with van der Waals surface area (Å²) in [7, 11) is 1.79. The molecule has 0 atom stereocenters. The first kappa shape index (κ1) is 21.5. The Morgan fingerprint density at radius 1 is 1.20 bits per heavy atom. The number of rotatable bonds is 7. The smallest absolute Gasteiger partial charge is 0.407 e. The number of aliphatic imine (C=N–C) groups is 1. The highest BCUT2D eigenvalue weighted by molar-refractivity contribution is 5.79. The van der Waals surface area contributed by atoms with Gasteiger partial charge in [-0.15, -0.1) is 0 Å². The number of piperidine rings is 1. The van der Waals surface area contributed by atoms with Gasteiger partial charge in [-0.1, -0.05) is 6.92 Å². The van der Waals surface area contributed by atoms with Crippen LogP contribution in [0.2, 0.25) is 0 Å². The van der Waals surface area contributed by atoms with Crippen LogP contribution in [0.3, 0.4) is 0 Å². The molecular formula is C18H37N5O2. The molecular weight excluding hydrogens is 318 g/mol. The van der Waals surface area contributed by atoms with E-state index in [1.165, 1.54) is 13.0 Å². The van der Waals surface area contributed by atoms with Gasteiger partial charge in [-0.3, -0.25) is 4.99 Å². The number of carbonyl (C=O) groups is 1. The number of alkyl carbamates (subject to hydrolysis) is 1. The van der Waals surface area contributed by atoms with Crippen LogP contribution in [0.25, 0.3) is 0 Å². The van der Waals surface area contributed by atoms with Crippen LogP contribution in [0.4, 0.5) is 4.79 Å². The van der Waals surface area contributed by atoms with Crippen molar-refractivity contribution in [3.8, 4) is 0 Å². The predicted molar refractivity (Wildman–Crippen MR) is 103 cm³/mol. The first-order chi connectivity index (χ1) is 11.8. The summed E-state index contributed by atoms with van der Waals surface area (Å²) in [6, 6.07) is 0.485. The van der Waals surface area contributed by atoms with E-state index in [0.29, 0.717) is 12.6 Å². The number of guanidine groups is 1. The van der Waals surface area contributed by atoms with E-state index in [-0.39, 0.29) is 6.09 Å². The number of carbonyl (C=O) groups excluding carboxylic acids is 1. The number of nitrogens with zero attached hydrogens (tertiary/aromatic N) is 2. The monoisotopic (exact) mass is 355 g/mol. The van der Waals surface area contributed by atoms with Gasteiger partial charge in [0.2, 0.25) is 0 Å². The van der Waals surface area contributed by atoms with E-state index < -0.39 is 5.60 Å². The molecule has 1 saturated heterocycles. The molecule has 0 aliphatic carbocycles. The van der Waals surface area contributed by atoms with Crippen LogP contribution in [0.15, 0.2) is 4.99 Å². The molecule has 1 aliphatic rings.